The minimum atomic E-state index is 0.172. The zero-order valence-corrected chi connectivity index (χ0v) is 14.5. The smallest absolute Gasteiger partial charge is 0.242 e. The zero-order chi connectivity index (χ0) is 16.2. The Morgan fingerprint density at radius 2 is 2.30 bits per heavy atom. The van der Waals surface area contributed by atoms with Crippen molar-refractivity contribution in [2.75, 3.05) is 44.8 Å². The van der Waals surface area contributed by atoms with Crippen molar-refractivity contribution in [3.05, 3.63) is 24.3 Å². The Bertz CT molecular complexity index is 640. The first kappa shape index (κ1) is 16.2. The van der Waals surface area contributed by atoms with Gasteiger partial charge in [-0.15, -0.1) is 0 Å². The first-order chi connectivity index (χ1) is 11.2. The van der Waals surface area contributed by atoms with Crippen molar-refractivity contribution in [1.29, 1.82) is 0 Å². The monoisotopic (exact) mass is 333 g/mol. The third-order valence-corrected chi connectivity index (χ3v) is 5.33. The summed E-state index contributed by atoms with van der Waals surface area (Å²) in [5, 5.41) is 0.893. The molecule has 1 aliphatic rings. The van der Waals surface area contributed by atoms with Crippen LogP contribution in [0.4, 0.5) is 5.13 Å². The molecule has 1 aromatic heterocycles. The Kier molecular flexibility index (Phi) is 5.13. The van der Waals surface area contributed by atoms with Crippen LogP contribution in [0.5, 0.6) is 0 Å². The van der Waals surface area contributed by atoms with Crippen molar-refractivity contribution in [3.8, 4) is 0 Å². The van der Waals surface area contributed by atoms with Crippen LogP contribution in [0, 0.1) is 5.92 Å². The molecule has 124 valence electrons. The number of carbonyl (C=O) groups is 1. The number of aromatic nitrogens is 1. The van der Waals surface area contributed by atoms with E-state index >= 15 is 0 Å². The molecule has 0 N–H and O–H groups in total. The molecular weight excluding hydrogens is 310 g/mol. The van der Waals surface area contributed by atoms with Crippen molar-refractivity contribution < 1.29 is 9.53 Å². The highest BCUT2D eigenvalue weighted by atomic mass is 32.1. The molecule has 3 rings (SSSR count). The van der Waals surface area contributed by atoms with Gasteiger partial charge in [-0.25, -0.2) is 4.98 Å². The summed E-state index contributed by atoms with van der Waals surface area (Å²) in [6.07, 6.45) is 1.04. The number of rotatable bonds is 6. The van der Waals surface area contributed by atoms with Crippen LogP contribution in [0.1, 0.15) is 13.3 Å². The van der Waals surface area contributed by atoms with Crippen LogP contribution in [0.15, 0.2) is 24.3 Å². The molecule has 6 heteroatoms. The molecule has 1 saturated heterocycles. The maximum atomic E-state index is 12.5. The summed E-state index contributed by atoms with van der Waals surface area (Å²) in [7, 11) is 1.93. The fourth-order valence-corrected chi connectivity index (χ4v) is 3.80. The summed E-state index contributed by atoms with van der Waals surface area (Å²) < 4.78 is 6.63. The van der Waals surface area contributed by atoms with Gasteiger partial charge in [0, 0.05) is 32.7 Å². The molecule has 0 bridgehead atoms. The van der Waals surface area contributed by atoms with E-state index in [9.17, 15) is 4.79 Å². The number of likely N-dealkylation sites (N-methyl/N-ethyl adjacent to an activating group) is 1. The number of amides is 1. The van der Waals surface area contributed by atoms with Crippen LogP contribution in [0.25, 0.3) is 10.2 Å². The number of thiazole rings is 1. The average Bonchev–Trinajstić information content (AvgIpc) is 3.19. The molecule has 1 aliphatic heterocycles. The number of benzene rings is 1. The van der Waals surface area contributed by atoms with Gasteiger partial charge in [0.15, 0.2) is 5.13 Å². The normalized spacial score (nSPS) is 17.8. The summed E-state index contributed by atoms with van der Waals surface area (Å²) in [5.41, 5.74) is 0.991. The molecular formula is C17H23N3O2S. The predicted octanol–water partition coefficient (Wildman–Crippen LogP) is 2.62. The van der Waals surface area contributed by atoms with Crippen LogP contribution in [-0.4, -0.2) is 55.7 Å². The van der Waals surface area contributed by atoms with Gasteiger partial charge < -0.3 is 14.5 Å². The minimum absolute atomic E-state index is 0.172. The number of anilines is 1. The van der Waals surface area contributed by atoms with Gasteiger partial charge in [-0.1, -0.05) is 23.5 Å². The molecule has 2 aromatic rings. The lowest BCUT2D eigenvalue weighted by Crippen LogP contribution is -2.38. The molecule has 1 atom stereocenters. The van der Waals surface area contributed by atoms with Gasteiger partial charge in [-0.3, -0.25) is 4.79 Å². The van der Waals surface area contributed by atoms with Gasteiger partial charge in [-0.05, 0) is 25.5 Å². The van der Waals surface area contributed by atoms with E-state index < -0.39 is 0 Å². The lowest BCUT2D eigenvalue weighted by atomic mass is 10.1. The summed E-state index contributed by atoms with van der Waals surface area (Å²) in [6, 6.07) is 8.06. The van der Waals surface area contributed by atoms with E-state index in [-0.39, 0.29) is 5.91 Å². The second-order valence-electron chi connectivity index (χ2n) is 5.97. The predicted molar refractivity (Wildman–Crippen MR) is 94.1 cm³/mol. The Hall–Kier alpha value is -1.66. The summed E-state index contributed by atoms with van der Waals surface area (Å²) in [5.74, 6) is 0.650. The van der Waals surface area contributed by atoms with E-state index in [0.29, 0.717) is 12.5 Å². The van der Waals surface area contributed by atoms with E-state index in [4.69, 9.17) is 4.74 Å². The molecule has 1 aromatic carbocycles. The molecule has 1 fully saturated rings. The molecule has 23 heavy (non-hydrogen) atoms. The van der Waals surface area contributed by atoms with Crippen LogP contribution in [-0.2, 0) is 9.53 Å². The van der Waals surface area contributed by atoms with Crippen molar-refractivity contribution in [1.82, 2.24) is 9.88 Å². The topological polar surface area (TPSA) is 45.7 Å². The highest BCUT2D eigenvalue weighted by Crippen LogP contribution is 2.28. The number of ether oxygens (including phenoxy) is 1. The summed E-state index contributed by atoms with van der Waals surface area (Å²) in [6.45, 7) is 5.53. The van der Waals surface area contributed by atoms with Crippen LogP contribution < -0.4 is 4.90 Å². The van der Waals surface area contributed by atoms with Crippen LogP contribution in [0.3, 0.4) is 0 Å². The molecule has 1 amide bonds. The number of hydrogen-bond acceptors (Lipinski definition) is 5. The molecule has 0 saturated carbocycles. The average molecular weight is 333 g/mol. The number of fused-ring (bicyclic) bond motifs is 1. The third-order valence-electron chi connectivity index (χ3n) is 4.18. The quantitative estimate of drug-likeness (QED) is 0.815. The summed E-state index contributed by atoms with van der Waals surface area (Å²) >= 11 is 1.63. The van der Waals surface area contributed by atoms with Gasteiger partial charge in [0.05, 0.1) is 23.4 Å². The lowest BCUT2D eigenvalue weighted by Gasteiger charge is -2.21. The Balaban J connectivity index is 1.57. The van der Waals surface area contributed by atoms with Gasteiger partial charge in [0.1, 0.15) is 0 Å². The first-order valence-corrected chi connectivity index (χ1v) is 8.91. The molecule has 0 radical (unpaired) electrons. The Morgan fingerprint density at radius 1 is 1.48 bits per heavy atom. The number of carbonyl (C=O) groups excluding carboxylic acids is 1. The molecule has 0 aliphatic carbocycles. The standard InChI is InChI=1S/C17H23N3O2S/c1-3-22-12-13-8-9-20(10-13)16(21)11-19(2)17-18-14-6-4-5-7-15(14)23-17/h4-7,13H,3,8-12H2,1-2H3. The minimum Gasteiger partial charge on any atom is -0.381 e. The molecule has 0 spiro atoms. The molecule has 2 heterocycles. The van der Waals surface area contributed by atoms with E-state index in [0.717, 1.165) is 48.1 Å². The van der Waals surface area contributed by atoms with E-state index in [1.54, 1.807) is 11.3 Å². The van der Waals surface area contributed by atoms with Gasteiger partial charge in [0.2, 0.25) is 5.91 Å². The van der Waals surface area contributed by atoms with Crippen molar-refractivity contribution in [2.45, 2.75) is 13.3 Å². The largest absolute Gasteiger partial charge is 0.381 e. The highest BCUT2D eigenvalue weighted by molar-refractivity contribution is 7.22. The van der Waals surface area contributed by atoms with Crippen LogP contribution in [0.2, 0.25) is 0 Å². The van der Waals surface area contributed by atoms with Crippen LogP contribution >= 0.6 is 11.3 Å². The Morgan fingerprint density at radius 3 is 3.09 bits per heavy atom. The SMILES string of the molecule is CCOCC1CCN(C(=O)CN(C)c2nc3ccccc3s2)C1. The van der Waals surface area contributed by atoms with Crippen molar-refractivity contribution in [3.63, 3.8) is 0 Å². The molecule has 5 nitrogen and oxygen atoms in total. The number of nitrogens with zero attached hydrogens (tertiary/aromatic N) is 3. The van der Waals surface area contributed by atoms with Gasteiger partial charge in [-0.2, -0.15) is 0 Å². The van der Waals surface area contributed by atoms with Gasteiger partial charge in [0.25, 0.3) is 0 Å². The zero-order valence-electron chi connectivity index (χ0n) is 13.7. The second kappa shape index (κ2) is 7.27. The fourth-order valence-electron chi connectivity index (χ4n) is 2.87. The third kappa shape index (κ3) is 3.82. The molecule has 1 unspecified atom stereocenters. The highest BCUT2D eigenvalue weighted by Gasteiger charge is 2.27. The summed E-state index contributed by atoms with van der Waals surface area (Å²) in [4.78, 5) is 21.0. The van der Waals surface area contributed by atoms with Crippen molar-refractivity contribution in [2.24, 2.45) is 5.92 Å². The number of likely N-dealkylation sites (tertiary alicyclic amines) is 1. The van der Waals surface area contributed by atoms with E-state index in [2.05, 4.69) is 11.1 Å². The lowest BCUT2D eigenvalue weighted by molar-refractivity contribution is -0.128. The van der Waals surface area contributed by atoms with Crippen molar-refractivity contribution >= 4 is 32.6 Å². The maximum absolute atomic E-state index is 12.5. The van der Waals surface area contributed by atoms with E-state index in [1.165, 1.54) is 0 Å². The second-order valence-corrected chi connectivity index (χ2v) is 6.98. The number of hydrogen-bond donors (Lipinski definition) is 0. The Labute approximate surface area is 140 Å². The fraction of sp³-hybridized carbons (Fsp3) is 0.529. The number of para-hydroxylation sites is 1. The maximum Gasteiger partial charge on any atom is 0.242 e. The van der Waals surface area contributed by atoms with E-state index in [1.807, 2.05) is 42.0 Å². The van der Waals surface area contributed by atoms with Gasteiger partial charge >= 0.3 is 0 Å². The first-order valence-electron chi connectivity index (χ1n) is 8.09.